The number of nitrogens with zero attached hydrogens (tertiary/aromatic N) is 1. The molecule has 1 saturated heterocycles. The lowest BCUT2D eigenvalue weighted by atomic mass is 10.3. The third kappa shape index (κ3) is 3.92. The minimum Gasteiger partial charge on any atom is -0.342 e. The van der Waals surface area contributed by atoms with E-state index in [1.165, 1.54) is 12.8 Å². The van der Waals surface area contributed by atoms with Gasteiger partial charge in [0, 0.05) is 13.1 Å². The second-order valence-corrected chi connectivity index (χ2v) is 3.70. The van der Waals surface area contributed by atoms with Crippen LogP contribution in [0.4, 0.5) is 0 Å². The highest BCUT2D eigenvalue weighted by molar-refractivity contribution is 5.78. The lowest BCUT2D eigenvalue weighted by molar-refractivity contribution is -0.129. The molecular formula is C11H20N2O. The highest BCUT2D eigenvalue weighted by Crippen LogP contribution is 2.06. The van der Waals surface area contributed by atoms with Crippen molar-refractivity contribution >= 4 is 5.91 Å². The van der Waals surface area contributed by atoms with Crippen molar-refractivity contribution in [1.82, 2.24) is 10.2 Å². The second kappa shape index (κ2) is 6.60. The summed E-state index contributed by atoms with van der Waals surface area (Å²) in [6.07, 6.45) is 6.33. The van der Waals surface area contributed by atoms with Crippen molar-refractivity contribution in [2.75, 3.05) is 26.2 Å². The average molecular weight is 196 g/mol. The van der Waals surface area contributed by atoms with E-state index >= 15 is 0 Å². The van der Waals surface area contributed by atoms with E-state index in [-0.39, 0.29) is 5.91 Å². The van der Waals surface area contributed by atoms with Gasteiger partial charge in [-0.15, -0.1) is 6.58 Å². The first-order chi connectivity index (χ1) is 6.84. The molecule has 1 aliphatic rings. The molecule has 1 heterocycles. The molecule has 0 spiro atoms. The van der Waals surface area contributed by atoms with E-state index in [0.29, 0.717) is 6.54 Å². The quantitative estimate of drug-likeness (QED) is 0.511. The molecule has 0 atom stereocenters. The fourth-order valence-corrected chi connectivity index (χ4v) is 1.65. The summed E-state index contributed by atoms with van der Waals surface area (Å²) >= 11 is 0. The van der Waals surface area contributed by atoms with E-state index in [0.717, 1.165) is 32.5 Å². The maximum absolute atomic E-state index is 11.5. The van der Waals surface area contributed by atoms with Crippen LogP contribution in [0.2, 0.25) is 0 Å². The topological polar surface area (TPSA) is 32.3 Å². The van der Waals surface area contributed by atoms with Crippen molar-refractivity contribution in [1.29, 1.82) is 0 Å². The van der Waals surface area contributed by atoms with Crippen LogP contribution in [-0.2, 0) is 4.79 Å². The summed E-state index contributed by atoms with van der Waals surface area (Å²) < 4.78 is 0. The van der Waals surface area contributed by atoms with E-state index < -0.39 is 0 Å². The fourth-order valence-electron chi connectivity index (χ4n) is 1.65. The van der Waals surface area contributed by atoms with Crippen molar-refractivity contribution in [3.63, 3.8) is 0 Å². The molecule has 0 bridgehead atoms. The molecule has 3 heteroatoms. The lowest BCUT2D eigenvalue weighted by Gasteiger charge is -2.15. The summed E-state index contributed by atoms with van der Waals surface area (Å²) in [7, 11) is 0. The lowest BCUT2D eigenvalue weighted by Crippen LogP contribution is -2.36. The smallest absolute Gasteiger partial charge is 0.236 e. The molecule has 1 aliphatic heterocycles. The van der Waals surface area contributed by atoms with Gasteiger partial charge in [0.05, 0.1) is 6.54 Å². The Balaban J connectivity index is 2.00. The first-order valence-electron chi connectivity index (χ1n) is 5.44. The summed E-state index contributed by atoms with van der Waals surface area (Å²) in [6, 6.07) is 0. The zero-order valence-electron chi connectivity index (χ0n) is 8.80. The molecule has 0 aromatic rings. The van der Waals surface area contributed by atoms with Gasteiger partial charge in [0.25, 0.3) is 0 Å². The molecule has 0 saturated carbocycles. The number of unbranched alkanes of at least 4 members (excludes halogenated alkanes) is 1. The molecular weight excluding hydrogens is 176 g/mol. The number of carbonyl (C=O) groups excluding carboxylic acids is 1. The molecule has 0 radical (unpaired) electrons. The van der Waals surface area contributed by atoms with E-state index in [1.54, 1.807) is 0 Å². The molecule has 1 rings (SSSR count). The van der Waals surface area contributed by atoms with Gasteiger partial charge in [-0.05, 0) is 32.2 Å². The van der Waals surface area contributed by atoms with E-state index in [9.17, 15) is 4.79 Å². The maximum Gasteiger partial charge on any atom is 0.236 e. The summed E-state index contributed by atoms with van der Waals surface area (Å²) in [4.78, 5) is 13.5. The van der Waals surface area contributed by atoms with Gasteiger partial charge in [-0.2, -0.15) is 0 Å². The highest BCUT2D eigenvalue weighted by atomic mass is 16.2. The molecule has 3 nitrogen and oxygen atoms in total. The third-order valence-corrected chi connectivity index (χ3v) is 2.50. The second-order valence-electron chi connectivity index (χ2n) is 3.70. The van der Waals surface area contributed by atoms with Crippen molar-refractivity contribution < 1.29 is 4.79 Å². The number of rotatable bonds is 6. The van der Waals surface area contributed by atoms with Crippen LogP contribution in [0.1, 0.15) is 25.7 Å². The van der Waals surface area contributed by atoms with Crippen LogP contribution in [0, 0.1) is 0 Å². The molecule has 1 N–H and O–H groups in total. The van der Waals surface area contributed by atoms with Crippen molar-refractivity contribution in [3.05, 3.63) is 12.7 Å². The molecule has 0 aromatic heterocycles. The van der Waals surface area contributed by atoms with Crippen LogP contribution >= 0.6 is 0 Å². The molecule has 14 heavy (non-hydrogen) atoms. The van der Waals surface area contributed by atoms with Crippen molar-refractivity contribution in [2.45, 2.75) is 25.7 Å². The monoisotopic (exact) mass is 196 g/mol. The van der Waals surface area contributed by atoms with Gasteiger partial charge in [0.2, 0.25) is 5.91 Å². The number of likely N-dealkylation sites (tertiary alicyclic amines) is 1. The Morgan fingerprint density at radius 3 is 2.79 bits per heavy atom. The number of allylic oxidation sites excluding steroid dienone is 1. The Morgan fingerprint density at radius 1 is 1.43 bits per heavy atom. The van der Waals surface area contributed by atoms with Crippen LogP contribution in [0.25, 0.3) is 0 Å². The molecule has 0 aromatic carbocycles. The number of amides is 1. The minimum absolute atomic E-state index is 0.251. The van der Waals surface area contributed by atoms with Crippen molar-refractivity contribution in [3.8, 4) is 0 Å². The Bertz CT molecular complexity index is 186. The zero-order valence-corrected chi connectivity index (χ0v) is 8.80. The number of hydrogen-bond donors (Lipinski definition) is 1. The Labute approximate surface area is 86.2 Å². The molecule has 0 aliphatic carbocycles. The van der Waals surface area contributed by atoms with Crippen LogP contribution in [0.15, 0.2) is 12.7 Å². The van der Waals surface area contributed by atoms with Crippen LogP contribution in [-0.4, -0.2) is 37.0 Å². The van der Waals surface area contributed by atoms with Gasteiger partial charge in [0.15, 0.2) is 0 Å². The Kier molecular flexibility index (Phi) is 5.30. The maximum atomic E-state index is 11.5. The molecule has 80 valence electrons. The standard InChI is InChI=1S/C11H20N2O/c1-2-3-4-7-12-10-11(14)13-8-5-6-9-13/h2,12H,1,3-10H2. The average Bonchev–Trinajstić information content (AvgIpc) is 2.70. The summed E-state index contributed by atoms with van der Waals surface area (Å²) in [5.41, 5.74) is 0. The summed E-state index contributed by atoms with van der Waals surface area (Å²) in [5, 5.41) is 3.16. The Morgan fingerprint density at radius 2 is 2.14 bits per heavy atom. The zero-order chi connectivity index (χ0) is 10.2. The highest BCUT2D eigenvalue weighted by Gasteiger charge is 2.16. The predicted octanol–water partition coefficient (Wildman–Crippen LogP) is 1.16. The SMILES string of the molecule is C=CCCCNCC(=O)N1CCCC1. The minimum atomic E-state index is 0.251. The normalized spacial score (nSPS) is 15.9. The van der Waals surface area contributed by atoms with Gasteiger partial charge >= 0.3 is 0 Å². The molecule has 0 unspecified atom stereocenters. The van der Waals surface area contributed by atoms with Crippen LogP contribution in [0.5, 0.6) is 0 Å². The van der Waals surface area contributed by atoms with Gasteiger partial charge in [0.1, 0.15) is 0 Å². The van der Waals surface area contributed by atoms with Crippen molar-refractivity contribution in [2.24, 2.45) is 0 Å². The van der Waals surface area contributed by atoms with E-state index in [1.807, 2.05) is 11.0 Å². The fraction of sp³-hybridized carbons (Fsp3) is 0.727. The van der Waals surface area contributed by atoms with E-state index in [4.69, 9.17) is 0 Å². The summed E-state index contributed by atoms with van der Waals surface area (Å²) in [6.45, 7) is 6.96. The predicted molar refractivity (Wildman–Crippen MR) is 58.1 cm³/mol. The molecule has 1 amide bonds. The number of nitrogens with one attached hydrogen (secondary N) is 1. The van der Waals surface area contributed by atoms with E-state index in [2.05, 4.69) is 11.9 Å². The van der Waals surface area contributed by atoms with Crippen LogP contribution in [0.3, 0.4) is 0 Å². The number of carbonyl (C=O) groups is 1. The van der Waals surface area contributed by atoms with Crippen LogP contribution < -0.4 is 5.32 Å². The largest absolute Gasteiger partial charge is 0.342 e. The van der Waals surface area contributed by atoms with Gasteiger partial charge in [-0.3, -0.25) is 4.79 Å². The first-order valence-corrected chi connectivity index (χ1v) is 5.44. The van der Waals surface area contributed by atoms with Gasteiger partial charge < -0.3 is 10.2 Å². The summed E-state index contributed by atoms with van der Waals surface area (Å²) in [5.74, 6) is 0.251. The number of hydrogen-bond acceptors (Lipinski definition) is 2. The first kappa shape index (κ1) is 11.2. The van der Waals surface area contributed by atoms with Gasteiger partial charge in [-0.1, -0.05) is 6.08 Å². The molecule has 1 fully saturated rings. The third-order valence-electron chi connectivity index (χ3n) is 2.50. The van der Waals surface area contributed by atoms with Gasteiger partial charge in [-0.25, -0.2) is 0 Å². The Hall–Kier alpha value is -0.830.